The van der Waals surface area contributed by atoms with Gasteiger partial charge >= 0.3 is 12.2 Å². The highest BCUT2D eigenvalue weighted by molar-refractivity contribution is 6.35. The van der Waals surface area contributed by atoms with Gasteiger partial charge in [0.1, 0.15) is 18.0 Å². The Morgan fingerprint density at radius 1 is 1.02 bits per heavy atom. The number of ether oxygens (including phenoxy) is 2. The fourth-order valence-electron chi connectivity index (χ4n) is 6.59. The predicted octanol–water partition coefficient (Wildman–Crippen LogP) is 7.30. The van der Waals surface area contributed by atoms with Crippen LogP contribution in [0, 0.1) is 5.92 Å². The first-order valence-electron chi connectivity index (χ1n) is 15.8. The van der Waals surface area contributed by atoms with Gasteiger partial charge < -0.3 is 19.7 Å². The standard InChI is InChI=1S/C36H39ClN4O5/c1-22(38-34(43)45-21-28-26-14-7-5-12-24(26)25-13-6-8-15-27(25)28)32-39-30-17-9-16-29(37)31(30)33(42)41(32)20-23-11-10-18-40(19-23)35(44)46-36(2,3)4/h5-9,12-17,22-23,28H,10-11,18-21H2,1-4H3,(H,38,43)/t22-,23?/m0/s1. The number of hydrogen-bond acceptors (Lipinski definition) is 6. The quantitative estimate of drug-likeness (QED) is 0.237. The van der Waals surface area contributed by atoms with Crippen LogP contribution in [-0.4, -0.2) is 51.9 Å². The lowest BCUT2D eigenvalue weighted by molar-refractivity contribution is 0.0156. The maximum Gasteiger partial charge on any atom is 0.410 e. The number of piperidine rings is 1. The second-order valence-corrected chi connectivity index (χ2v) is 13.6. The van der Waals surface area contributed by atoms with Crippen molar-refractivity contribution in [1.29, 1.82) is 0 Å². The zero-order valence-electron chi connectivity index (χ0n) is 26.6. The highest BCUT2D eigenvalue weighted by Gasteiger charge is 2.31. The van der Waals surface area contributed by atoms with Crippen molar-refractivity contribution in [3.63, 3.8) is 0 Å². The molecular weight excluding hydrogens is 604 g/mol. The van der Waals surface area contributed by atoms with E-state index in [1.807, 2.05) is 45.0 Å². The summed E-state index contributed by atoms with van der Waals surface area (Å²) in [7, 11) is 0. The molecule has 0 saturated carbocycles. The van der Waals surface area contributed by atoms with Gasteiger partial charge in [-0.1, -0.05) is 66.2 Å². The number of nitrogens with one attached hydrogen (secondary N) is 1. The molecular formula is C36H39ClN4O5. The minimum absolute atomic E-state index is 0.0267. The normalized spacial score (nSPS) is 16.9. The first-order valence-corrected chi connectivity index (χ1v) is 16.2. The number of amides is 2. The summed E-state index contributed by atoms with van der Waals surface area (Å²) in [6.45, 7) is 8.81. The van der Waals surface area contributed by atoms with Crippen LogP contribution in [0.4, 0.5) is 9.59 Å². The molecule has 1 aromatic heterocycles. The van der Waals surface area contributed by atoms with Crippen LogP contribution in [0.1, 0.15) is 69.4 Å². The number of rotatable bonds is 6. The Morgan fingerprint density at radius 3 is 2.37 bits per heavy atom. The molecule has 46 heavy (non-hydrogen) atoms. The number of carbonyl (C=O) groups excluding carboxylic acids is 2. The topological polar surface area (TPSA) is 103 Å². The Bertz CT molecular complexity index is 1800. The molecule has 240 valence electrons. The minimum atomic E-state index is -0.655. The van der Waals surface area contributed by atoms with E-state index in [-0.39, 0.29) is 30.1 Å². The van der Waals surface area contributed by atoms with E-state index in [1.165, 1.54) is 0 Å². The third-order valence-electron chi connectivity index (χ3n) is 8.64. The van der Waals surface area contributed by atoms with Crippen molar-refractivity contribution in [2.45, 2.75) is 64.6 Å². The van der Waals surface area contributed by atoms with E-state index >= 15 is 0 Å². The summed E-state index contributed by atoms with van der Waals surface area (Å²) in [5, 5.41) is 3.54. The molecule has 9 nitrogen and oxygen atoms in total. The zero-order valence-corrected chi connectivity index (χ0v) is 27.3. The molecule has 1 saturated heterocycles. The van der Waals surface area contributed by atoms with E-state index < -0.39 is 17.7 Å². The van der Waals surface area contributed by atoms with Crippen LogP contribution in [0.25, 0.3) is 22.0 Å². The fraction of sp³-hybridized carbons (Fsp3) is 0.389. The molecule has 0 bridgehead atoms. The van der Waals surface area contributed by atoms with Crippen molar-refractivity contribution in [3.8, 4) is 11.1 Å². The van der Waals surface area contributed by atoms with Crippen LogP contribution in [-0.2, 0) is 16.0 Å². The average molecular weight is 643 g/mol. The number of carbonyl (C=O) groups is 2. The molecule has 1 fully saturated rings. The van der Waals surface area contributed by atoms with E-state index in [9.17, 15) is 14.4 Å². The maximum atomic E-state index is 14.0. The highest BCUT2D eigenvalue weighted by atomic mass is 35.5. The third-order valence-corrected chi connectivity index (χ3v) is 8.95. The molecule has 10 heteroatoms. The highest BCUT2D eigenvalue weighted by Crippen LogP contribution is 2.44. The van der Waals surface area contributed by atoms with Crippen LogP contribution in [0.2, 0.25) is 5.02 Å². The van der Waals surface area contributed by atoms with E-state index in [1.54, 1.807) is 34.6 Å². The lowest BCUT2D eigenvalue weighted by Crippen LogP contribution is -2.45. The van der Waals surface area contributed by atoms with Crippen molar-refractivity contribution < 1.29 is 19.1 Å². The van der Waals surface area contributed by atoms with Crippen molar-refractivity contribution in [3.05, 3.63) is 99.1 Å². The van der Waals surface area contributed by atoms with E-state index in [2.05, 4.69) is 29.6 Å². The van der Waals surface area contributed by atoms with Crippen LogP contribution in [0.5, 0.6) is 0 Å². The van der Waals surface area contributed by atoms with Gasteiger partial charge in [0, 0.05) is 25.6 Å². The van der Waals surface area contributed by atoms with Crippen LogP contribution >= 0.6 is 11.6 Å². The zero-order chi connectivity index (χ0) is 32.6. The van der Waals surface area contributed by atoms with Crippen LogP contribution in [0.3, 0.4) is 0 Å². The molecule has 1 unspecified atom stereocenters. The molecule has 6 rings (SSSR count). The smallest absolute Gasteiger partial charge is 0.410 e. The van der Waals surface area contributed by atoms with Gasteiger partial charge in [-0.25, -0.2) is 14.6 Å². The average Bonchev–Trinajstić information content (AvgIpc) is 3.34. The molecule has 1 aliphatic carbocycles. The molecule has 2 aliphatic rings. The van der Waals surface area contributed by atoms with Gasteiger partial charge in [0.2, 0.25) is 0 Å². The monoisotopic (exact) mass is 642 g/mol. The van der Waals surface area contributed by atoms with Gasteiger partial charge in [-0.2, -0.15) is 0 Å². The van der Waals surface area contributed by atoms with Crippen molar-refractivity contribution in [2.24, 2.45) is 5.92 Å². The lowest BCUT2D eigenvalue weighted by atomic mass is 9.98. The van der Waals surface area contributed by atoms with Crippen molar-refractivity contribution >= 4 is 34.7 Å². The Labute approximate surface area is 273 Å². The van der Waals surface area contributed by atoms with Gasteiger partial charge in [-0.3, -0.25) is 9.36 Å². The second-order valence-electron chi connectivity index (χ2n) is 13.1. The van der Waals surface area contributed by atoms with Crippen LogP contribution < -0.4 is 10.9 Å². The van der Waals surface area contributed by atoms with Gasteiger partial charge in [0.05, 0.1) is 22.0 Å². The summed E-state index contributed by atoms with van der Waals surface area (Å²) in [5.41, 5.74) is 4.10. The van der Waals surface area contributed by atoms with E-state index in [0.717, 1.165) is 35.1 Å². The molecule has 3 aromatic carbocycles. The van der Waals surface area contributed by atoms with Gasteiger partial charge in [0.25, 0.3) is 5.56 Å². The molecule has 4 aromatic rings. The predicted molar refractivity (Wildman–Crippen MR) is 178 cm³/mol. The van der Waals surface area contributed by atoms with Gasteiger partial charge in [-0.05, 0) is 80.8 Å². The van der Waals surface area contributed by atoms with Gasteiger partial charge in [0.15, 0.2) is 0 Å². The van der Waals surface area contributed by atoms with E-state index in [0.29, 0.717) is 41.4 Å². The number of benzene rings is 3. The summed E-state index contributed by atoms with van der Waals surface area (Å²) in [6, 6.07) is 20.8. The van der Waals surface area contributed by atoms with Crippen LogP contribution in [0.15, 0.2) is 71.5 Å². The second kappa shape index (κ2) is 12.8. The number of hydrogen-bond donors (Lipinski definition) is 1. The summed E-state index contributed by atoms with van der Waals surface area (Å²) >= 11 is 6.48. The summed E-state index contributed by atoms with van der Waals surface area (Å²) in [6.07, 6.45) is 0.633. The number of halogens is 1. The van der Waals surface area contributed by atoms with E-state index in [4.69, 9.17) is 26.1 Å². The molecule has 1 aliphatic heterocycles. The molecule has 0 spiro atoms. The summed E-state index contributed by atoms with van der Waals surface area (Å²) in [5.74, 6) is 0.288. The number of alkyl carbamates (subject to hydrolysis) is 1. The molecule has 2 atom stereocenters. The summed E-state index contributed by atoms with van der Waals surface area (Å²) < 4.78 is 13.0. The minimum Gasteiger partial charge on any atom is -0.449 e. The first kappa shape index (κ1) is 31.6. The number of likely N-dealkylation sites (tertiary alicyclic amines) is 1. The Balaban J connectivity index is 1.22. The molecule has 2 amide bonds. The fourth-order valence-corrected chi connectivity index (χ4v) is 6.84. The Morgan fingerprint density at radius 2 is 1.70 bits per heavy atom. The number of fused-ring (bicyclic) bond motifs is 4. The molecule has 1 N–H and O–H groups in total. The summed E-state index contributed by atoms with van der Waals surface area (Å²) in [4.78, 5) is 46.5. The van der Waals surface area contributed by atoms with Crippen molar-refractivity contribution in [2.75, 3.05) is 19.7 Å². The molecule has 2 heterocycles. The largest absolute Gasteiger partial charge is 0.449 e. The maximum absolute atomic E-state index is 14.0. The first-order chi connectivity index (χ1) is 22.0. The lowest BCUT2D eigenvalue weighted by Gasteiger charge is -2.34. The number of nitrogens with zero attached hydrogens (tertiary/aromatic N) is 3. The van der Waals surface area contributed by atoms with Crippen molar-refractivity contribution in [1.82, 2.24) is 19.8 Å². The number of aromatic nitrogens is 2. The Kier molecular flexibility index (Phi) is 8.79. The molecule has 0 radical (unpaired) electrons. The SMILES string of the molecule is C[C@H](NC(=O)OCC1c2ccccc2-c2ccccc21)c1nc2cccc(Cl)c2c(=O)n1CC1CCCN(C(=O)OC(C)(C)C)C1. The third kappa shape index (κ3) is 6.47. The Hall–Kier alpha value is -4.37. The van der Waals surface area contributed by atoms with Gasteiger partial charge in [-0.15, -0.1) is 0 Å².